The van der Waals surface area contributed by atoms with Gasteiger partial charge >= 0.3 is 0 Å². The van der Waals surface area contributed by atoms with Crippen molar-refractivity contribution in [2.45, 2.75) is 24.2 Å². The molecule has 0 aromatic heterocycles. The lowest BCUT2D eigenvalue weighted by molar-refractivity contribution is -0.138. The molecule has 1 saturated carbocycles. The minimum Gasteiger partial charge on any atom is -0.502 e. The number of carbonyl (C=O) groups is 4. The number of fused-ring (bicyclic) bond motifs is 4. The van der Waals surface area contributed by atoms with Crippen LogP contribution in [0.15, 0.2) is 96.6 Å². The van der Waals surface area contributed by atoms with E-state index in [-0.39, 0.29) is 52.6 Å². The summed E-state index contributed by atoms with van der Waals surface area (Å²) in [6, 6.07) is 23.7. The van der Waals surface area contributed by atoms with E-state index in [4.69, 9.17) is 37.4 Å². The molecule has 2 N–H and O–H groups in total. The Bertz CT molecular complexity index is 2220. The molecule has 3 fully saturated rings. The smallest absolute Gasteiger partial charge is 0.260 e. The van der Waals surface area contributed by atoms with Crippen LogP contribution in [0.2, 0.25) is 10.0 Å². The van der Waals surface area contributed by atoms with Crippen LogP contribution >= 0.6 is 23.2 Å². The molecule has 0 bridgehead atoms. The van der Waals surface area contributed by atoms with Crippen molar-refractivity contribution in [3.63, 3.8) is 0 Å². The van der Waals surface area contributed by atoms with Gasteiger partial charge in [-0.05, 0) is 84.5 Å². The van der Waals surface area contributed by atoms with Gasteiger partial charge in [0.1, 0.15) is 5.75 Å². The van der Waals surface area contributed by atoms with E-state index in [1.54, 1.807) is 72.8 Å². The molecule has 276 valence electrons. The van der Waals surface area contributed by atoms with Crippen LogP contribution in [-0.4, -0.2) is 55.1 Å². The first kappa shape index (κ1) is 35.5. The summed E-state index contributed by atoms with van der Waals surface area (Å²) < 4.78 is 16.7. The van der Waals surface area contributed by atoms with Crippen molar-refractivity contribution < 1.29 is 38.5 Å². The maximum Gasteiger partial charge on any atom is 0.260 e. The normalized spacial score (nSPS) is 25.9. The van der Waals surface area contributed by atoms with Gasteiger partial charge in [0.15, 0.2) is 11.5 Å². The molecule has 6 atom stereocenters. The molecule has 54 heavy (non-hydrogen) atoms. The highest BCUT2D eigenvalue weighted by Gasteiger charge is 2.70. The predicted octanol–water partition coefficient (Wildman–Crippen LogP) is 6.91. The Morgan fingerprint density at radius 1 is 0.796 bits per heavy atom. The lowest BCUT2D eigenvalue weighted by Crippen LogP contribution is -2.53. The number of anilines is 2. The summed E-state index contributed by atoms with van der Waals surface area (Å²) in [4.78, 5) is 60.3. The molecule has 4 aromatic carbocycles. The second-order valence-corrected chi connectivity index (χ2v) is 14.7. The van der Waals surface area contributed by atoms with Crippen molar-refractivity contribution in [1.29, 1.82) is 0 Å². The van der Waals surface area contributed by atoms with Crippen LogP contribution in [-0.2, 0) is 24.6 Å². The van der Waals surface area contributed by atoms with Gasteiger partial charge in [-0.2, -0.15) is 5.01 Å². The van der Waals surface area contributed by atoms with Crippen LogP contribution in [0.1, 0.15) is 29.9 Å². The number of halogens is 2. The van der Waals surface area contributed by atoms with Crippen LogP contribution in [0.25, 0.3) is 0 Å². The minimum atomic E-state index is -1.61. The summed E-state index contributed by atoms with van der Waals surface area (Å²) in [5.41, 5.74) is 3.88. The number of nitrogens with one attached hydrogen (secondary N) is 1. The van der Waals surface area contributed by atoms with E-state index in [9.17, 15) is 19.5 Å². The van der Waals surface area contributed by atoms with Crippen LogP contribution in [0.5, 0.6) is 23.0 Å². The SMILES string of the molecule is COc1ccc(C23C(=O)N(Nc4ccc(Cl)cc4Cl)C(=O)C2CC2C(=CCC4C(=O)N(c5ccccc5)C(=O)C42)C3c2cc(OC)c(O)c(OC)c2)cc1. The Balaban J connectivity index is 1.37. The van der Waals surface area contributed by atoms with Gasteiger partial charge in [-0.15, -0.1) is 0 Å². The van der Waals surface area contributed by atoms with Crippen molar-refractivity contribution in [3.05, 3.63) is 118 Å². The van der Waals surface area contributed by atoms with Gasteiger partial charge in [-0.1, -0.05) is 65.2 Å². The summed E-state index contributed by atoms with van der Waals surface area (Å²) in [5, 5.41) is 12.6. The molecule has 2 heterocycles. The molecular formula is C41H35Cl2N3O8. The Labute approximate surface area is 321 Å². The van der Waals surface area contributed by atoms with Crippen LogP contribution in [0.3, 0.4) is 0 Å². The monoisotopic (exact) mass is 767 g/mol. The summed E-state index contributed by atoms with van der Waals surface area (Å²) in [7, 11) is 4.34. The van der Waals surface area contributed by atoms with E-state index in [2.05, 4.69) is 5.43 Å². The average Bonchev–Trinajstić information content (AvgIpc) is 3.56. The second kappa shape index (κ2) is 13.4. The topological polar surface area (TPSA) is 135 Å². The number of methoxy groups -OCH3 is 3. The number of phenols is 1. The van der Waals surface area contributed by atoms with Crippen molar-refractivity contribution in [2.75, 3.05) is 31.7 Å². The number of hydrogen-bond donors (Lipinski definition) is 2. The molecule has 4 aromatic rings. The Morgan fingerprint density at radius 3 is 2.11 bits per heavy atom. The predicted molar refractivity (Wildman–Crippen MR) is 201 cm³/mol. The number of carbonyl (C=O) groups excluding carboxylic acids is 4. The number of phenolic OH excluding ortho intramolecular Hbond substituents is 1. The first-order valence-corrected chi connectivity index (χ1v) is 18.1. The highest BCUT2D eigenvalue weighted by atomic mass is 35.5. The fraction of sp³-hybridized carbons (Fsp3) is 0.268. The molecular weight excluding hydrogens is 733 g/mol. The zero-order chi connectivity index (χ0) is 38.1. The van der Waals surface area contributed by atoms with E-state index in [1.807, 2.05) is 12.1 Å². The second-order valence-electron chi connectivity index (χ2n) is 13.8. The maximum absolute atomic E-state index is 15.5. The lowest BCUT2D eigenvalue weighted by Gasteiger charge is -2.50. The summed E-state index contributed by atoms with van der Waals surface area (Å²) >= 11 is 12.7. The van der Waals surface area contributed by atoms with Gasteiger partial charge in [-0.25, -0.2) is 0 Å². The molecule has 2 saturated heterocycles. The highest BCUT2D eigenvalue weighted by Crippen LogP contribution is 2.65. The number of nitrogens with zero attached hydrogens (tertiary/aromatic N) is 2. The zero-order valence-electron chi connectivity index (χ0n) is 29.4. The molecule has 4 aliphatic rings. The lowest BCUT2D eigenvalue weighted by atomic mass is 9.49. The van der Waals surface area contributed by atoms with Gasteiger partial charge < -0.3 is 19.3 Å². The molecule has 0 radical (unpaired) electrons. The number of hydrogen-bond acceptors (Lipinski definition) is 9. The third-order valence-electron chi connectivity index (χ3n) is 11.4. The molecule has 13 heteroatoms. The van der Waals surface area contributed by atoms with Crippen molar-refractivity contribution >= 4 is 58.2 Å². The fourth-order valence-corrected chi connectivity index (χ4v) is 9.58. The minimum absolute atomic E-state index is 0.0840. The van der Waals surface area contributed by atoms with Gasteiger partial charge in [-0.3, -0.25) is 29.5 Å². The number of hydrazine groups is 1. The van der Waals surface area contributed by atoms with Crippen molar-refractivity contribution in [1.82, 2.24) is 5.01 Å². The van der Waals surface area contributed by atoms with Crippen molar-refractivity contribution in [3.8, 4) is 23.0 Å². The summed E-state index contributed by atoms with van der Waals surface area (Å²) in [6.07, 6.45) is 2.27. The van der Waals surface area contributed by atoms with Crippen molar-refractivity contribution in [2.24, 2.45) is 23.7 Å². The number of amides is 4. The first-order chi connectivity index (χ1) is 26.0. The van der Waals surface area contributed by atoms with Gasteiger partial charge in [0.25, 0.3) is 11.8 Å². The first-order valence-electron chi connectivity index (χ1n) is 17.4. The molecule has 2 aliphatic carbocycles. The quantitative estimate of drug-likeness (QED) is 0.145. The number of aromatic hydroxyl groups is 1. The van der Waals surface area contributed by atoms with Gasteiger partial charge in [0.05, 0.1) is 60.9 Å². The molecule has 6 unspecified atom stereocenters. The van der Waals surface area contributed by atoms with Crippen LogP contribution < -0.4 is 24.5 Å². The zero-order valence-corrected chi connectivity index (χ0v) is 30.9. The molecule has 11 nitrogen and oxygen atoms in total. The van der Waals surface area contributed by atoms with E-state index in [0.29, 0.717) is 27.6 Å². The number of benzene rings is 4. The van der Waals surface area contributed by atoms with E-state index in [0.717, 1.165) is 10.6 Å². The average molecular weight is 769 g/mol. The fourth-order valence-electron chi connectivity index (χ4n) is 9.13. The number of imide groups is 2. The molecule has 2 aliphatic heterocycles. The maximum atomic E-state index is 15.5. The number of rotatable bonds is 8. The van der Waals surface area contributed by atoms with E-state index >= 15 is 4.79 Å². The third-order valence-corrected chi connectivity index (χ3v) is 12.0. The Kier molecular flexibility index (Phi) is 8.81. The van der Waals surface area contributed by atoms with Gasteiger partial charge in [0, 0.05) is 10.9 Å². The number of ether oxygens (including phenoxy) is 3. The molecule has 0 spiro atoms. The third kappa shape index (κ3) is 5.16. The van der Waals surface area contributed by atoms with Crippen LogP contribution in [0.4, 0.5) is 11.4 Å². The highest BCUT2D eigenvalue weighted by molar-refractivity contribution is 6.36. The Hall–Kier alpha value is -5.52. The standard InChI is InChI=1S/C41H35Cl2N3O8/c1-52-25-12-9-22(10-13-25)41-29(38(49)46(40(41)51)44-31-16-11-23(42)19-30(31)43)20-28-26(35(41)21-17-32(53-2)36(47)33(18-21)54-3)14-15-27-34(28)39(50)45(37(27)48)24-7-5-4-6-8-24/h4-14,16-19,27-29,34-35,44,47H,15,20H2,1-3H3. The van der Waals surface area contributed by atoms with Crippen LogP contribution in [0, 0.1) is 23.7 Å². The largest absolute Gasteiger partial charge is 0.502 e. The summed E-state index contributed by atoms with van der Waals surface area (Å²) in [6.45, 7) is 0. The number of para-hydroxylation sites is 1. The van der Waals surface area contributed by atoms with E-state index in [1.165, 1.54) is 32.3 Å². The molecule has 8 rings (SSSR count). The molecule has 4 amide bonds. The number of allylic oxidation sites excluding steroid dienone is 2. The Morgan fingerprint density at radius 2 is 1.48 bits per heavy atom. The van der Waals surface area contributed by atoms with Gasteiger partial charge in [0.2, 0.25) is 17.6 Å². The van der Waals surface area contributed by atoms with E-state index < -0.39 is 46.8 Å². The summed E-state index contributed by atoms with van der Waals surface area (Å²) in [5.74, 6) is -5.32.